The smallest absolute Gasteiger partial charge is 0.243 e. The lowest BCUT2D eigenvalue weighted by molar-refractivity contribution is -0.115. The standard InChI is InChI=1S/C24H25ClN2O4S/c1-4-22(32(30,31)23-11-10-15(2)12-16(23)3)24(29)27-19-14-21(28)20(13-18(19)25)26-17-8-6-5-7-9-17/h5-14,22,26,28H,4H2,1-3H3,(H,27,29). The molecule has 6 nitrogen and oxygen atoms in total. The molecule has 1 atom stereocenters. The molecule has 0 bridgehead atoms. The van der Waals surface area contributed by atoms with Gasteiger partial charge in [-0.1, -0.05) is 54.4 Å². The summed E-state index contributed by atoms with van der Waals surface area (Å²) in [6, 6.07) is 17.0. The van der Waals surface area contributed by atoms with Crippen LogP contribution in [0.25, 0.3) is 0 Å². The highest BCUT2D eigenvalue weighted by Crippen LogP contribution is 2.36. The van der Waals surface area contributed by atoms with Crippen LogP contribution in [0.5, 0.6) is 5.75 Å². The first-order valence-corrected chi connectivity index (χ1v) is 12.0. The van der Waals surface area contributed by atoms with Crippen molar-refractivity contribution >= 4 is 44.4 Å². The van der Waals surface area contributed by atoms with E-state index in [-0.39, 0.29) is 27.8 Å². The first kappa shape index (κ1) is 23.6. The van der Waals surface area contributed by atoms with Gasteiger partial charge < -0.3 is 15.7 Å². The summed E-state index contributed by atoms with van der Waals surface area (Å²) in [5.74, 6) is -0.851. The van der Waals surface area contributed by atoms with Gasteiger partial charge in [0.2, 0.25) is 5.91 Å². The molecule has 168 valence electrons. The summed E-state index contributed by atoms with van der Waals surface area (Å²) in [5.41, 5.74) is 2.76. The molecule has 0 saturated heterocycles. The largest absolute Gasteiger partial charge is 0.506 e. The quantitative estimate of drug-likeness (QED) is 0.389. The molecule has 8 heteroatoms. The fraction of sp³-hybridized carbons (Fsp3) is 0.208. The van der Waals surface area contributed by atoms with Crippen LogP contribution < -0.4 is 10.6 Å². The van der Waals surface area contributed by atoms with Crippen molar-refractivity contribution in [2.45, 2.75) is 37.3 Å². The third-order valence-corrected chi connectivity index (χ3v) is 7.75. The highest BCUT2D eigenvalue weighted by Gasteiger charge is 2.34. The minimum atomic E-state index is -3.92. The molecule has 32 heavy (non-hydrogen) atoms. The third-order valence-electron chi connectivity index (χ3n) is 5.07. The van der Waals surface area contributed by atoms with Gasteiger partial charge in [-0.25, -0.2) is 8.42 Å². The molecule has 3 N–H and O–H groups in total. The van der Waals surface area contributed by atoms with E-state index < -0.39 is 21.0 Å². The predicted octanol–water partition coefficient (Wildman–Crippen LogP) is 5.60. The van der Waals surface area contributed by atoms with E-state index in [0.29, 0.717) is 11.3 Å². The Hall–Kier alpha value is -3.03. The topological polar surface area (TPSA) is 95.5 Å². The number of hydrogen-bond donors (Lipinski definition) is 3. The molecule has 3 aromatic rings. The van der Waals surface area contributed by atoms with Crippen LogP contribution in [-0.4, -0.2) is 24.7 Å². The first-order valence-electron chi connectivity index (χ1n) is 10.1. The van der Waals surface area contributed by atoms with Crippen LogP contribution in [0.15, 0.2) is 65.6 Å². The molecule has 0 aliphatic heterocycles. The van der Waals surface area contributed by atoms with Crippen molar-refractivity contribution in [2.24, 2.45) is 0 Å². The number of phenolic OH excluding ortho intramolecular Hbond substituents is 1. The second-order valence-corrected chi connectivity index (χ2v) is 10.0. The Labute approximate surface area is 193 Å². The molecular formula is C24H25ClN2O4S. The van der Waals surface area contributed by atoms with Crippen molar-refractivity contribution in [3.63, 3.8) is 0 Å². The fourth-order valence-electron chi connectivity index (χ4n) is 3.47. The van der Waals surface area contributed by atoms with E-state index in [1.54, 1.807) is 26.0 Å². The molecular weight excluding hydrogens is 448 g/mol. The van der Waals surface area contributed by atoms with Gasteiger partial charge in [0.15, 0.2) is 9.84 Å². The molecule has 0 aliphatic carbocycles. The molecule has 3 aromatic carbocycles. The maximum Gasteiger partial charge on any atom is 0.243 e. The number of halogens is 1. The molecule has 0 spiro atoms. The zero-order valence-electron chi connectivity index (χ0n) is 18.0. The Bertz CT molecular complexity index is 1240. The van der Waals surface area contributed by atoms with Crippen LogP contribution in [0.4, 0.5) is 17.1 Å². The van der Waals surface area contributed by atoms with E-state index in [0.717, 1.165) is 11.3 Å². The Morgan fingerprint density at radius 2 is 1.72 bits per heavy atom. The van der Waals surface area contributed by atoms with Crippen LogP contribution in [0, 0.1) is 13.8 Å². The average molecular weight is 473 g/mol. The number of aromatic hydroxyl groups is 1. The Balaban J connectivity index is 1.85. The van der Waals surface area contributed by atoms with Crippen LogP contribution in [0.2, 0.25) is 5.02 Å². The van der Waals surface area contributed by atoms with Crippen molar-refractivity contribution in [3.05, 3.63) is 76.8 Å². The van der Waals surface area contributed by atoms with Crippen LogP contribution in [0.1, 0.15) is 24.5 Å². The van der Waals surface area contributed by atoms with E-state index in [1.165, 1.54) is 18.2 Å². The van der Waals surface area contributed by atoms with E-state index in [4.69, 9.17) is 11.6 Å². The molecule has 0 heterocycles. The summed E-state index contributed by atoms with van der Waals surface area (Å²) in [6.45, 7) is 5.22. The Kier molecular flexibility index (Phi) is 7.11. The molecule has 0 aliphatic rings. The summed E-state index contributed by atoms with van der Waals surface area (Å²) in [5, 5.41) is 14.9. The minimum Gasteiger partial charge on any atom is -0.506 e. The van der Waals surface area contributed by atoms with Gasteiger partial charge in [-0.2, -0.15) is 0 Å². The maximum atomic E-state index is 13.2. The zero-order valence-corrected chi connectivity index (χ0v) is 19.6. The van der Waals surface area contributed by atoms with Crippen molar-refractivity contribution < 1.29 is 18.3 Å². The lowest BCUT2D eigenvalue weighted by atomic mass is 10.2. The number of rotatable bonds is 7. The number of nitrogens with one attached hydrogen (secondary N) is 2. The Morgan fingerprint density at radius 3 is 2.34 bits per heavy atom. The van der Waals surface area contributed by atoms with E-state index in [2.05, 4.69) is 10.6 Å². The van der Waals surface area contributed by atoms with Crippen molar-refractivity contribution in [1.82, 2.24) is 0 Å². The number of phenols is 1. The van der Waals surface area contributed by atoms with Gasteiger partial charge in [0.25, 0.3) is 0 Å². The fourth-order valence-corrected chi connectivity index (χ4v) is 5.53. The molecule has 0 radical (unpaired) electrons. The monoisotopic (exact) mass is 472 g/mol. The van der Waals surface area contributed by atoms with Gasteiger partial charge in [-0.15, -0.1) is 0 Å². The Morgan fingerprint density at radius 1 is 1.03 bits per heavy atom. The lowest BCUT2D eigenvalue weighted by Gasteiger charge is -2.19. The van der Waals surface area contributed by atoms with E-state index in [9.17, 15) is 18.3 Å². The molecule has 1 amide bonds. The third kappa shape index (κ3) is 5.06. The summed E-state index contributed by atoms with van der Waals surface area (Å²) >= 11 is 6.32. The van der Waals surface area contributed by atoms with Gasteiger partial charge in [0, 0.05) is 11.8 Å². The number of carbonyl (C=O) groups excluding carboxylic acids is 1. The van der Waals surface area contributed by atoms with Gasteiger partial charge in [0.05, 0.1) is 21.3 Å². The molecule has 0 aromatic heterocycles. The molecule has 1 unspecified atom stereocenters. The number of aryl methyl sites for hydroxylation is 2. The van der Waals surface area contributed by atoms with Gasteiger partial charge in [0.1, 0.15) is 11.0 Å². The van der Waals surface area contributed by atoms with E-state index in [1.807, 2.05) is 37.3 Å². The highest BCUT2D eigenvalue weighted by atomic mass is 35.5. The number of para-hydroxylation sites is 1. The van der Waals surface area contributed by atoms with Crippen molar-refractivity contribution in [2.75, 3.05) is 10.6 Å². The normalized spacial score (nSPS) is 12.2. The predicted molar refractivity (Wildman–Crippen MR) is 129 cm³/mol. The van der Waals surface area contributed by atoms with Crippen LogP contribution in [0.3, 0.4) is 0 Å². The lowest BCUT2D eigenvalue weighted by Crippen LogP contribution is -2.35. The summed E-state index contributed by atoms with van der Waals surface area (Å²) in [7, 11) is -3.92. The molecule has 3 rings (SSSR count). The number of amides is 1. The number of carbonyl (C=O) groups is 1. The first-order chi connectivity index (χ1) is 15.1. The minimum absolute atomic E-state index is 0.0821. The second kappa shape index (κ2) is 9.63. The van der Waals surface area contributed by atoms with Crippen LogP contribution in [-0.2, 0) is 14.6 Å². The maximum absolute atomic E-state index is 13.2. The highest BCUT2D eigenvalue weighted by molar-refractivity contribution is 7.92. The average Bonchev–Trinajstić information content (AvgIpc) is 2.72. The van der Waals surface area contributed by atoms with Gasteiger partial charge in [-0.3, -0.25) is 4.79 Å². The SMILES string of the molecule is CCC(C(=O)Nc1cc(O)c(Nc2ccccc2)cc1Cl)S(=O)(=O)c1ccc(C)cc1C. The number of sulfone groups is 1. The molecule has 0 fully saturated rings. The second-order valence-electron chi connectivity index (χ2n) is 7.54. The summed E-state index contributed by atoms with van der Waals surface area (Å²) in [6.07, 6.45) is 0.0821. The number of anilines is 3. The number of benzene rings is 3. The van der Waals surface area contributed by atoms with E-state index >= 15 is 0 Å². The summed E-state index contributed by atoms with van der Waals surface area (Å²) < 4.78 is 26.4. The van der Waals surface area contributed by atoms with Crippen molar-refractivity contribution in [3.8, 4) is 5.75 Å². The van der Waals surface area contributed by atoms with Gasteiger partial charge >= 0.3 is 0 Å². The van der Waals surface area contributed by atoms with Crippen LogP contribution >= 0.6 is 11.6 Å². The summed E-state index contributed by atoms with van der Waals surface area (Å²) in [4.78, 5) is 13.1. The van der Waals surface area contributed by atoms with Gasteiger partial charge in [-0.05, 0) is 50.1 Å². The van der Waals surface area contributed by atoms with Crippen molar-refractivity contribution in [1.29, 1.82) is 0 Å². The number of hydrogen-bond acceptors (Lipinski definition) is 5. The zero-order chi connectivity index (χ0) is 23.5. The molecule has 0 saturated carbocycles.